The Morgan fingerprint density at radius 2 is 1.68 bits per heavy atom. The van der Waals surface area contributed by atoms with Gasteiger partial charge in [0.25, 0.3) is 0 Å². The molecule has 0 amide bonds. The second-order valence-electron chi connectivity index (χ2n) is 9.34. The first-order valence-electron chi connectivity index (χ1n) is 11.0. The molecule has 156 valence electrons. The monoisotopic (exact) mass is 386 g/mol. The first-order chi connectivity index (χ1) is 13.4. The SMILES string of the molecule is CCCCCCC(C)(C)c1cc(OC)c([C@@H]2C=C(CO)C3CC2C3)c(OC)c1. The Labute approximate surface area is 171 Å². The Kier molecular flexibility index (Phi) is 6.75. The lowest BCUT2D eigenvalue weighted by Gasteiger charge is -2.46. The molecule has 0 unspecified atom stereocenters. The van der Waals surface area contributed by atoms with Crippen LogP contribution >= 0.6 is 0 Å². The van der Waals surface area contributed by atoms with Crippen LogP contribution in [-0.4, -0.2) is 25.9 Å². The van der Waals surface area contributed by atoms with Gasteiger partial charge in [-0.25, -0.2) is 0 Å². The van der Waals surface area contributed by atoms with Crippen molar-refractivity contribution >= 4 is 0 Å². The summed E-state index contributed by atoms with van der Waals surface area (Å²) in [6.45, 7) is 7.08. The quantitative estimate of drug-likeness (QED) is 0.396. The predicted octanol–water partition coefficient (Wildman–Crippen LogP) is 5.99. The summed E-state index contributed by atoms with van der Waals surface area (Å²) in [5.41, 5.74) is 3.73. The molecule has 0 saturated heterocycles. The van der Waals surface area contributed by atoms with E-state index in [-0.39, 0.29) is 17.9 Å². The van der Waals surface area contributed by atoms with E-state index in [1.54, 1.807) is 14.2 Å². The molecule has 2 bridgehead atoms. The van der Waals surface area contributed by atoms with Gasteiger partial charge in [-0.15, -0.1) is 0 Å². The Bertz CT molecular complexity index is 673. The van der Waals surface area contributed by atoms with E-state index in [1.807, 2.05) is 0 Å². The van der Waals surface area contributed by atoms with Gasteiger partial charge < -0.3 is 14.6 Å². The summed E-state index contributed by atoms with van der Waals surface area (Å²) in [5, 5.41) is 9.74. The molecule has 0 spiro atoms. The molecule has 28 heavy (non-hydrogen) atoms. The summed E-state index contributed by atoms with van der Waals surface area (Å²) in [6, 6.07) is 4.46. The van der Waals surface area contributed by atoms with Crippen LogP contribution in [0, 0.1) is 11.8 Å². The number of hydrogen-bond donors (Lipinski definition) is 1. The maximum Gasteiger partial charge on any atom is 0.126 e. The molecular weight excluding hydrogens is 348 g/mol. The van der Waals surface area contributed by atoms with Crippen LogP contribution in [0.3, 0.4) is 0 Å². The number of fused-ring (bicyclic) bond motifs is 1. The summed E-state index contributed by atoms with van der Waals surface area (Å²) < 4.78 is 11.8. The van der Waals surface area contributed by atoms with Crippen molar-refractivity contribution in [2.75, 3.05) is 20.8 Å². The van der Waals surface area contributed by atoms with Crippen molar-refractivity contribution in [2.45, 2.75) is 77.0 Å². The molecule has 0 heterocycles. The topological polar surface area (TPSA) is 38.7 Å². The third-order valence-electron chi connectivity index (χ3n) is 7.10. The van der Waals surface area contributed by atoms with Crippen molar-refractivity contribution in [3.05, 3.63) is 34.9 Å². The van der Waals surface area contributed by atoms with Crippen LogP contribution in [0.4, 0.5) is 0 Å². The van der Waals surface area contributed by atoms with E-state index >= 15 is 0 Å². The molecule has 0 aliphatic heterocycles. The summed E-state index contributed by atoms with van der Waals surface area (Å²) in [4.78, 5) is 0. The zero-order chi connectivity index (χ0) is 20.3. The van der Waals surface area contributed by atoms with E-state index in [1.165, 1.54) is 56.1 Å². The summed E-state index contributed by atoms with van der Waals surface area (Å²) in [6.07, 6.45) is 10.9. The molecule has 3 aliphatic carbocycles. The van der Waals surface area contributed by atoms with Gasteiger partial charge in [0.05, 0.1) is 20.8 Å². The van der Waals surface area contributed by atoms with Gasteiger partial charge in [-0.05, 0) is 59.8 Å². The number of unbranched alkanes of at least 4 members (excludes halogenated alkanes) is 3. The molecule has 1 atom stereocenters. The molecule has 3 heteroatoms. The number of rotatable bonds is 10. The lowest BCUT2D eigenvalue weighted by atomic mass is 9.59. The zero-order valence-electron chi connectivity index (χ0n) is 18.4. The largest absolute Gasteiger partial charge is 0.496 e. The Balaban J connectivity index is 1.93. The molecule has 1 N–H and O–H groups in total. The lowest BCUT2D eigenvalue weighted by Crippen LogP contribution is -2.35. The minimum Gasteiger partial charge on any atom is -0.496 e. The fraction of sp³-hybridized carbons (Fsp3) is 0.680. The minimum absolute atomic E-state index is 0.0903. The first kappa shape index (κ1) is 21.2. The van der Waals surface area contributed by atoms with Gasteiger partial charge in [0.2, 0.25) is 0 Å². The van der Waals surface area contributed by atoms with Crippen molar-refractivity contribution in [3.63, 3.8) is 0 Å². The highest BCUT2D eigenvalue weighted by atomic mass is 16.5. The van der Waals surface area contributed by atoms with Crippen LogP contribution in [-0.2, 0) is 5.41 Å². The van der Waals surface area contributed by atoms with E-state index in [4.69, 9.17) is 9.47 Å². The van der Waals surface area contributed by atoms with Gasteiger partial charge >= 0.3 is 0 Å². The minimum atomic E-state index is 0.0903. The summed E-state index contributed by atoms with van der Waals surface area (Å²) in [5.74, 6) is 3.36. The standard InChI is InChI=1S/C25H38O3/c1-6-7-8-9-10-25(2,3)20-14-22(27-4)24(23(15-20)28-5)21-13-19(16-26)17-11-18(21)12-17/h13-15,17-18,21,26H,6-12,16H2,1-5H3/t17?,18?,21-/m1/s1. The van der Waals surface area contributed by atoms with E-state index in [2.05, 4.69) is 39.0 Å². The van der Waals surface area contributed by atoms with Gasteiger partial charge in [0.1, 0.15) is 11.5 Å². The van der Waals surface area contributed by atoms with Crippen molar-refractivity contribution in [1.29, 1.82) is 0 Å². The maximum atomic E-state index is 9.74. The fourth-order valence-electron chi connectivity index (χ4n) is 5.06. The van der Waals surface area contributed by atoms with Crippen LogP contribution in [0.5, 0.6) is 11.5 Å². The molecule has 3 aliphatic rings. The van der Waals surface area contributed by atoms with Gasteiger partial charge in [-0.1, -0.05) is 52.5 Å². The number of aliphatic hydroxyl groups excluding tert-OH is 1. The van der Waals surface area contributed by atoms with E-state index < -0.39 is 0 Å². The number of hydrogen-bond acceptors (Lipinski definition) is 3. The fourth-order valence-corrected chi connectivity index (χ4v) is 5.06. The van der Waals surface area contributed by atoms with Gasteiger partial charge in [-0.3, -0.25) is 0 Å². The van der Waals surface area contributed by atoms with Gasteiger partial charge in [0, 0.05) is 11.5 Å². The second-order valence-corrected chi connectivity index (χ2v) is 9.34. The lowest BCUT2D eigenvalue weighted by molar-refractivity contribution is 0.161. The smallest absolute Gasteiger partial charge is 0.126 e. The van der Waals surface area contributed by atoms with Crippen molar-refractivity contribution < 1.29 is 14.6 Å². The highest BCUT2D eigenvalue weighted by molar-refractivity contribution is 5.54. The van der Waals surface area contributed by atoms with Crippen LogP contribution in [0.1, 0.15) is 82.8 Å². The first-order valence-corrected chi connectivity index (χ1v) is 11.0. The number of ether oxygens (including phenoxy) is 2. The average Bonchev–Trinajstić information content (AvgIpc) is 2.68. The third-order valence-corrected chi connectivity index (χ3v) is 7.10. The van der Waals surface area contributed by atoms with Crippen LogP contribution < -0.4 is 9.47 Å². The zero-order valence-corrected chi connectivity index (χ0v) is 18.4. The van der Waals surface area contributed by atoms with Crippen LogP contribution in [0.25, 0.3) is 0 Å². The molecule has 4 rings (SSSR count). The Hall–Kier alpha value is -1.48. The summed E-state index contributed by atoms with van der Waals surface area (Å²) in [7, 11) is 3.53. The normalized spacial score (nSPS) is 23.8. The second kappa shape index (κ2) is 8.90. The maximum absolute atomic E-state index is 9.74. The number of allylic oxidation sites excluding steroid dienone is 1. The van der Waals surface area contributed by atoms with E-state index in [0.29, 0.717) is 11.8 Å². The van der Waals surface area contributed by atoms with Crippen molar-refractivity contribution in [3.8, 4) is 11.5 Å². The van der Waals surface area contributed by atoms with E-state index in [0.717, 1.165) is 17.1 Å². The number of methoxy groups -OCH3 is 2. The molecule has 1 saturated carbocycles. The van der Waals surface area contributed by atoms with E-state index in [9.17, 15) is 5.11 Å². The molecule has 0 aromatic heterocycles. The average molecular weight is 387 g/mol. The van der Waals surface area contributed by atoms with Crippen LogP contribution in [0.15, 0.2) is 23.8 Å². The molecule has 0 radical (unpaired) electrons. The van der Waals surface area contributed by atoms with Crippen LogP contribution in [0.2, 0.25) is 0 Å². The van der Waals surface area contributed by atoms with Gasteiger partial charge in [0.15, 0.2) is 0 Å². The molecule has 3 nitrogen and oxygen atoms in total. The Morgan fingerprint density at radius 1 is 1.04 bits per heavy atom. The van der Waals surface area contributed by atoms with Gasteiger partial charge in [-0.2, -0.15) is 0 Å². The van der Waals surface area contributed by atoms with Crippen molar-refractivity contribution in [2.24, 2.45) is 11.8 Å². The predicted molar refractivity (Wildman–Crippen MR) is 115 cm³/mol. The Morgan fingerprint density at radius 3 is 2.21 bits per heavy atom. The molecule has 1 aromatic rings. The molecular formula is C25H38O3. The number of benzene rings is 1. The highest BCUT2D eigenvalue weighted by Crippen LogP contribution is 2.55. The highest BCUT2D eigenvalue weighted by Gasteiger charge is 2.43. The summed E-state index contributed by atoms with van der Waals surface area (Å²) >= 11 is 0. The molecule has 1 fully saturated rings. The molecule has 1 aromatic carbocycles. The van der Waals surface area contributed by atoms with Crippen molar-refractivity contribution in [1.82, 2.24) is 0 Å². The number of aliphatic hydroxyl groups is 1. The third kappa shape index (κ3) is 4.10.